The van der Waals surface area contributed by atoms with Crippen molar-refractivity contribution in [1.29, 1.82) is 0 Å². The van der Waals surface area contributed by atoms with Gasteiger partial charge in [0.15, 0.2) is 0 Å². The quantitative estimate of drug-likeness (QED) is 0.922. The fourth-order valence-corrected chi connectivity index (χ4v) is 2.58. The van der Waals surface area contributed by atoms with Crippen molar-refractivity contribution in [3.05, 3.63) is 53.7 Å². The molecule has 0 aliphatic carbocycles. The minimum absolute atomic E-state index is 0.198. The van der Waals surface area contributed by atoms with Crippen LogP contribution in [0, 0.1) is 0 Å². The minimum atomic E-state index is -0.537. The summed E-state index contributed by atoms with van der Waals surface area (Å²) < 4.78 is 6.00. The molecule has 1 N–H and O–H groups in total. The third-order valence-corrected chi connectivity index (χ3v) is 3.97. The number of aryl methyl sites for hydroxylation is 1. The van der Waals surface area contributed by atoms with Crippen molar-refractivity contribution >= 4 is 5.82 Å². The maximum absolute atomic E-state index is 9.61. The summed E-state index contributed by atoms with van der Waals surface area (Å²) in [5.74, 6) is 1.84. The van der Waals surface area contributed by atoms with Gasteiger partial charge in [0.1, 0.15) is 17.7 Å². The maximum atomic E-state index is 9.61. The molecule has 1 aliphatic heterocycles. The number of nitrogens with zero attached hydrogens (tertiary/aromatic N) is 2. The molecule has 1 aliphatic rings. The Morgan fingerprint density at radius 3 is 2.77 bits per heavy atom. The lowest BCUT2D eigenvalue weighted by Gasteiger charge is -2.40. The molecule has 0 radical (unpaired) electrons. The van der Waals surface area contributed by atoms with Crippen molar-refractivity contribution in [3.8, 4) is 5.75 Å². The standard InChI is InChI=1S/C18H22N2O2/c1-3-14-6-4-7-15(10-14)22-16-11-20(12-16)18-9-5-8-17(19-18)13(2)21/h4-10,13,16,21H,3,11-12H2,1-2H3/t13-/m1/s1. The second-order valence-corrected chi connectivity index (χ2v) is 5.74. The molecule has 1 atom stereocenters. The predicted octanol–water partition coefficient (Wildman–Crippen LogP) is 2.96. The SMILES string of the molecule is CCc1cccc(OC2CN(c3cccc([C@@H](C)O)n3)C2)c1. The predicted molar refractivity (Wildman–Crippen MR) is 87.3 cm³/mol. The summed E-state index contributed by atoms with van der Waals surface area (Å²) in [5, 5.41) is 9.61. The average molecular weight is 298 g/mol. The number of rotatable bonds is 5. The van der Waals surface area contributed by atoms with Gasteiger partial charge >= 0.3 is 0 Å². The van der Waals surface area contributed by atoms with Crippen LogP contribution in [0.5, 0.6) is 5.75 Å². The normalized spacial score (nSPS) is 16.2. The lowest BCUT2D eigenvalue weighted by Crippen LogP contribution is -2.54. The van der Waals surface area contributed by atoms with Crippen molar-refractivity contribution in [3.63, 3.8) is 0 Å². The molecule has 2 heterocycles. The fraction of sp³-hybridized carbons (Fsp3) is 0.389. The highest BCUT2D eigenvalue weighted by molar-refractivity contribution is 5.43. The summed E-state index contributed by atoms with van der Waals surface area (Å²) in [6.07, 6.45) is 0.679. The maximum Gasteiger partial charge on any atom is 0.134 e. The van der Waals surface area contributed by atoms with E-state index in [9.17, 15) is 5.11 Å². The molecule has 4 nitrogen and oxygen atoms in total. The Morgan fingerprint density at radius 1 is 1.27 bits per heavy atom. The number of hydrogen-bond acceptors (Lipinski definition) is 4. The van der Waals surface area contributed by atoms with Gasteiger partial charge in [0.2, 0.25) is 0 Å². The van der Waals surface area contributed by atoms with Crippen LogP contribution in [0.25, 0.3) is 0 Å². The summed E-state index contributed by atoms with van der Waals surface area (Å²) >= 11 is 0. The molecular formula is C18H22N2O2. The van der Waals surface area contributed by atoms with Crippen LogP contribution in [0.3, 0.4) is 0 Å². The molecule has 22 heavy (non-hydrogen) atoms. The second kappa shape index (κ2) is 6.36. The van der Waals surface area contributed by atoms with Crippen molar-refractivity contribution in [2.45, 2.75) is 32.5 Å². The number of aromatic nitrogens is 1. The number of pyridine rings is 1. The molecule has 3 rings (SSSR count). The van der Waals surface area contributed by atoms with Crippen molar-refractivity contribution in [2.75, 3.05) is 18.0 Å². The summed E-state index contributed by atoms with van der Waals surface area (Å²) in [6.45, 7) is 5.53. The molecule has 4 heteroatoms. The first-order chi connectivity index (χ1) is 10.7. The number of benzene rings is 1. The number of aliphatic hydroxyl groups excluding tert-OH is 1. The van der Waals surface area contributed by atoms with Gasteiger partial charge in [-0.05, 0) is 43.2 Å². The Bertz CT molecular complexity index is 636. The van der Waals surface area contributed by atoms with Gasteiger partial charge in [0.05, 0.1) is 24.9 Å². The highest BCUT2D eigenvalue weighted by atomic mass is 16.5. The molecule has 0 bridgehead atoms. The molecule has 0 amide bonds. The van der Waals surface area contributed by atoms with Gasteiger partial charge in [-0.25, -0.2) is 4.98 Å². The van der Waals surface area contributed by atoms with Gasteiger partial charge in [-0.2, -0.15) is 0 Å². The average Bonchev–Trinajstić information content (AvgIpc) is 2.50. The molecule has 116 valence electrons. The van der Waals surface area contributed by atoms with E-state index in [-0.39, 0.29) is 6.10 Å². The first-order valence-corrected chi connectivity index (χ1v) is 7.81. The van der Waals surface area contributed by atoms with Crippen LogP contribution < -0.4 is 9.64 Å². The Labute approximate surface area is 131 Å². The van der Waals surface area contributed by atoms with Crippen LogP contribution in [0.2, 0.25) is 0 Å². The van der Waals surface area contributed by atoms with E-state index in [1.165, 1.54) is 5.56 Å². The van der Waals surface area contributed by atoms with E-state index in [0.717, 1.165) is 31.1 Å². The molecule has 2 aromatic rings. The van der Waals surface area contributed by atoms with Gasteiger partial charge in [0.25, 0.3) is 0 Å². The number of anilines is 1. The third kappa shape index (κ3) is 3.22. The van der Waals surface area contributed by atoms with Gasteiger partial charge in [-0.3, -0.25) is 0 Å². The lowest BCUT2D eigenvalue weighted by molar-refractivity contribution is 0.166. The van der Waals surface area contributed by atoms with Crippen LogP contribution in [-0.2, 0) is 6.42 Å². The molecule has 1 saturated heterocycles. The first kappa shape index (κ1) is 14.9. The van der Waals surface area contributed by atoms with E-state index in [1.54, 1.807) is 6.92 Å². The van der Waals surface area contributed by atoms with Gasteiger partial charge < -0.3 is 14.7 Å². The molecular weight excluding hydrogens is 276 g/mol. The molecule has 0 unspecified atom stereocenters. The van der Waals surface area contributed by atoms with Crippen molar-refractivity contribution in [2.24, 2.45) is 0 Å². The summed E-state index contributed by atoms with van der Waals surface area (Å²) in [4.78, 5) is 6.65. The zero-order valence-corrected chi connectivity index (χ0v) is 13.1. The van der Waals surface area contributed by atoms with Crippen LogP contribution >= 0.6 is 0 Å². The van der Waals surface area contributed by atoms with Gasteiger partial charge in [0, 0.05) is 0 Å². The molecule has 0 spiro atoms. The monoisotopic (exact) mass is 298 g/mol. The second-order valence-electron chi connectivity index (χ2n) is 5.74. The first-order valence-electron chi connectivity index (χ1n) is 7.81. The van der Waals surface area contributed by atoms with Crippen molar-refractivity contribution in [1.82, 2.24) is 4.98 Å². The number of hydrogen-bond donors (Lipinski definition) is 1. The Hall–Kier alpha value is -2.07. The summed E-state index contributed by atoms with van der Waals surface area (Å²) in [5.41, 5.74) is 2.00. The Morgan fingerprint density at radius 2 is 2.05 bits per heavy atom. The highest BCUT2D eigenvalue weighted by Gasteiger charge is 2.29. The van der Waals surface area contributed by atoms with E-state index < -0.39 is 6.10 Å². The van der Waals surface area contributed by atoms with E-state index in [2.05, 4.69) is 28.9 Å². The molecule has 1 aromatic carbocycles. The van der Waals surface area contributed by atoms with Crippen LogP contribution in [0.15, 0.2) is 42.5 Å². The largest absolute Gasteiger partial charge is 0.487 e. The minimum Gasteiger partial charge on any atom is -0.487 e. The number of aliphatic hydroxyl groups is 1. The molecule has 1 fully saturated rings. The fourth-order valence-electron chi connectivity index (χ4n) is 2.58. The van der Waals surface area contributed by atoms with E-state index >= 15 is 0 Å². The van der Waals surface area contributed by atoms with Gasteiger partial charge in [-0.15, -0.1) is 0 Å². The highest BCUT2D eigenvalue weighted by Crippen LogP contribution is 2.24. The Balaban J connectivity index is 1.58. The Kier molecular flexibility index (Phi) is 4.29. The van der Waals surface area contributed by atoms with Gasteiger partial charge in [-0.1, -0.05) is 25.1 Å². The summed E-state index contributed by atoms with van der Waals surface area (Å²) in [7, 11) is 0. The van der Waals surface area contributed by atoms with Crippen molar-refractivity contribution < 1.29 is 9.84 Å². The van der Waals surface area contributed by atoms with Crippen LogP contribution in [0.1, 0.15) is 31.2 Å². The molecule has 0 saturated carbocycles. The zero-order chi connectivity index (χ0) is 15.5. The van der Waals surface area contributed by atoms with E-state index in [4.69, 9.17) is 4.74 Å². The lowest BCUT2D eigenvalue weighted by atomic mass is 10.1. The van der Waals surface area contributed by atoms with E-state index in [0.29, 0.717) is 5.69 Å². The third-order valence-electron chi connectivity index (χ3n) is 3.97. The van der Waals surface area contributed by atoms with Crippen LogP contribution in [-0.4, -0.2) is 29.3 Å². The molecule has 1 aromatic heterocycles. The van der Waals surface area contributed by atoms with E-state index in [1.807, 2.05) is 30.3 Å². The topological polar surface area (TPSA) is 45.6 Å². The summed E-state index contributed by atoms with van der Waals surface area (Å²) in [6, 6.07) is 14.0. The number of ether oxygens (including phenoxy) is 1. The van der Waals surface area contributed by atoms with Crippen LogP contribution in [0.4, 0.5) is 5.82 Å². The zero-order valence-electron chi connectivity index (χ0n) is 13.1. The smallest absolute Gasteiger partial charge is 0.134 e.